The number of rotatable bonds is 0. The summed E-state index contributed by atoms with van der Waals surface area (Å²) in [6.45, 7) is 3.75. The van der Waals surface area contributed by atoms with Crippen LogP contribution in [0.15, 0.2) is 0 Å². The first-order valence-corrected chi connectivity index (χ1v) is 4.22. The summed E-state index contributed by atoms with van der Waals surface area (Å²) in [5.74, 6) is 0.731. The molecule has 2 aliphatic rings. The molecule has 0 saturated carbocycles. The second-order valence-corrected chi connectivity index (χ2v) is 2.76. The number of hydrogen-bond acceptors (Lipinski definition) is 3. The van der Waals surface area contributed by atoms with Crippen LogP contribution in [-0.2, 0) is 9.47 Å². The van der Waals surface area contributed by atoms with Crippen molar-refractivity contribution in [2.45, 2.75) is 26.1 Å². The third-order valence-electron chi connectivity index (χ3n) is 1.93. The molecule has 3 heteroatoms. The van der Waals surface area contributed by atoms with Gasteiger partial charge in [-0.1, -0.05) is 0 Å². The number of aliphatic hydroxyl groups excluding tert-OH is 1. The van der Waals surface area contributed by atoms with Gasteiger partial charge in [0.25, 0.3) is 0 Å². The lowest BCUT2D eigenvalue weighted by Gasteiger charge is -2.03. The lowest BCUT2D eigenvalue weighted by atomic mass is 10.1. The van der Waals surface area contributed by atoms with E-state index in [1.165, 1.54) is 12.8 Å². The van der Waals surface area contributed by atoms with Crippen LogP contribution in [-0.4, -0.2) is 31.2 Å². The van der Waals surface area contributed by atoms with E-state index in [1.807, 2.05) is 0 Å². The Balaban J connectivity index is 0.000000179. The van der Waals surface area contributed by atoms with E-state index in [1.54, 1.807) is 6.92 Å². The van der Waals surface area contributed by atoms with Crippen LogP contribution < -0.4 is 0 Å². The standard InChI is InChI=1S/C6H10O2.C2H6O/c1-3-7-6-5(1)2-4-8-6;1-2-3/h5-6H,1-4H2;3H,2H2,1H3. The molecule has 0 bridgehead atoms. The van der Waals surface area contributed by atoms with Gasteiger partial charge in [-0.3, -0.25) is 0 Å². The van der Waals surface area contributed by atoms with Gasteiger partial charge < -0.3 is 14.6 Å². The first-order valence-electron chi connectivity index (χ1n) is 4.22. The van der Waals surface area contributed by atoms with Crippen molar-refractivity contribution in [1.29, 1.82) is 0 Å². The van der Waals surface area contributed by atoms with Crippen molar-refractivity contribution < 1.29 is 14.6 Å². The summed E-state index contributed by atoms with van der Waals surface area (Å²) in [4.78, 5) is 0. The molecule has 0 aromatic carbocycles. The normalized spacial score (nSPS) is 34.4. The number of fused-ring (bicyclic) bond motifs is 1. The Morgan fingerprint density at radius 2 is 1.73 bits per heavy atom. The Morgan fingerprint density at radius 1 is 1.27 bits per heavy atom. The molecule has 2 aliphatic heterocycles. The molecule has 1 N–H and O–H groups in total. The largest absolute Gasteiger partial charge is 0.397 e. The smallest absolute Gasteiger partial charge is 0.160 e. The molecule has 0 amide bonds. The lowest BCUT2D eigenvalue weighted by molar-refractivity contribution is -0.0904. The number of aliphatic hydroxyl groups is 1. The van der Waals surface area contributed by atoms with E-state index in [9.17, 15) is 0 Å². The maximum absolute atomic E-state index is 7.57. The zero-order valence-electron chi connectivity index (χ0n) is 6.95. The molecule has 0 aromatic heterocycles. The summed E-state index contributed by atoms with van der Waals surface area (Å²) in [7, 11) is 0. The molecule has 0 atom stereocenters. The minimum atomic E-state index is 0.176. The van der Waals surface area contributed by atoms with Gasteiger partial charge in [0.2, 0.25) is 0 Å². The van der Waals surface area contributed by atoms with Gasteiger partial charge in [0.1, 0.15) is 0 Å². The third kappa shape index (κ3) is 2.43. The summed E-state index contributed by atoms with van der Waals surface area (Å²) >= 11 is 0. The summed E-state index contributed by atoms with van der Waals surface area (Å²) in [5.41, 5.74) is 0. The van der Waals surface area contributed by atoms with Crippen LogP contribution >= 0.6 is 0 Å². The summed E-state index contributed by atoms with van der Waals surface area (Å²) in [5, 5.41) is 7.57. The SMILES string of the molecule is C1CC2CCOC2O1.CCO. The summed E-state index contributed by atoms with van der Waals surface area (Å²) in [6, 6.07) is 0. The highest BCUT2D eigenvalue weighted by Crippen LogP contribution is 2.30. The zero-order chi connectivity index (χ0) is 8.10. The van der Waals surface area contributed by atoms with Crippen molar-refractivity contribution in [1.82, 2.24) is 0 Å². The average molecular weight is 160 g/mol. The fourth-order valence-electron chi connectivity index (χ4n) is 1.41. The van der Waals surface area contributed by atoms with E-state index >= 15 is 0 Å². The average Bonchev–Trinajstić information content (AvgIpc) is 2.44. The summed E-state index contributed by atoms with van der Waals surface area (Å²) < 4.78 is 10.5. The van der Waals surface area contributed by atoms with Crippen molar-refractivity contribution in [2.24, 2.45) is 5.92 Å². The van der Waals surface area contributed by atoms with Crippen LogP contribution in [0.3, 0.4) is 0 Å². The van der Waals surface area contributed by atoms with Crippen molar-refractivity contribution in [3.8, 4) is 0 Å². The molecular weight excluding hydrogens is 144 g/mol. The van der Waals surface area contributed by atoms with Gasteiger partial charge in [0.15, 0.2) is 6.29 Å². The molecule has 0 unspecified atom stereocenters. The second-order valence-electron chi connectivity index (χ2n) is 2.76. The Bertz CT molecular complexity index is 85.5. The highest BCUT2D eigenvalue weighted by atomic mass is 16.7. The molecule has 0 radical (unpaired) electrons. The van der Waals surface area contributed by atoms with E-state index in [2.05, 4.69) is 0 Å². The molecule has 0 aliphatic carbocycles. The first kappa shape index (κ1) is 8.97. The fraction of sp³-hybridized carbons (Fsp3) is 1.00. The molecular formula is C8H16O3. The predicted octanol–water partition coefficient (Wildman–Crippen LogP) is 0.768. The molecule has 66 valence electrons. The topological polar surface area (TPSA) is 38.7 Å². The van der Waals surface area contributed by atoms with Gasteiger partial charge >= 0.3 is 0 Å². The minimum Gasteiger partial charge on any atom is -0.397 e. The molecule has 3 nitrogen and oxygen atoms in total. The van der Waals surface area contributed by atoms with Gasteiger partial charge in [-0.25, -0.2) is 0 Å². The molecule has 11 heavy (non-hydrogen) atoms. The van der Waals surface area contributed by atoms with Gasteiger partial charge in [-0.05, 0) is 19.8 Å². The monoisotopic (exact) mass is 160 g/mol. The van der Waals surface area contributed by atoms with Crippen LogP contribution in [0.25, 0.3) is 0 Å². The molecule has 2 saturated heterocycles. The van der Waals surface area contributed by atoms with Crippen molar-refractivity contribution in [3.63, 3.8) is 0 Å². The first-order chi connectivity index (χ1) is 5.38. The highest BCUT2D eigenvalue weighted by Gasteiger charge is 2.33. The van der Waals surface area contributed by atoms with Crippen LogP contribution in [0.4, 0.5) is 0 Å². The van der Waals surface area contributed by atoms with Crippen LogP contribution in [0.1, 0.15) is 19.8 Å². The van der Waals surface area contributed by atoms with Crippen LogP contribution in [0, 0.1) is 5.92 Å². The maximum atomic E-state index is 7.57. The van der Waals surface area contributed by atoms with E-state index in [4.69, 9.17) is 14.6 Å². The Morgan fingerprint density at radius 3 is 2.09 bits per heavy atom. The van der Waals surface area contributed by atoms with Crippen LogP contribution in [0.5, 0.6) is 0 Å². The van der Waals surface area contributed by atoms with Gasteiger partial charge in [-0.2, -0.15) is 0 Å². The highest BCUT2D eigenvalue weighted by molar-refractivity contribution is 4.73. The van der Waals surface area contributed by atoms with Crippen molar-refractivity contribution in [2.75, 3.05) is 19.8 Å². The molecule has 0 spiro atoms. The molecule has 0 aromatic rings. The van der Waals surface area contributed by atoms with E-state index < -0.39 is 0 Å². The van der Waals surface area contributed by atoms with Gasteiger partial charge in [0.05, 0.1) is 13.2 Å². The fourth-order valence-corrected chi connectivity index (χ4v) is 1.41. The Labute approximate surface area is 67.3 Å². The Kier molecular flexibility index (Phi) is 3.83. The molecule has 2 rings (SSSR count). The second kappa shape index (κ2) is 4.70. The van der Waals surface area contributed by atoms with E-state index in [-0.39, 0.29) is 12.9 Å². The zero-order valence-corrected chi connectivity index (χ0v) is 6.95. The van der Waals surface area contributed by atoms with Gasteiger partial charge in [0, 0.05) is 12.5 Å². The molecule has 2 heterocycles. The van der Waals surface area contributed by atoms with Crippen molar-refractivity contribution >= 4 is 0 Å². The Hall–Kier alpha value is -0.120. The summed E-state index contributed by atoms with van der Waals surface area (Å²) in [6.07, 6.45) is 2.60. The lowest BCUT2D eigenvalue weighted by Crippen LogP contribution is -2.08. The number of ether oxygens (including phenoxy) is 2. The third-order valence-corrected chi connectivity index (χ3v) is 1.93. The van der Waals surface area contributed by atoms with E-state index in [0.29, 0.717) is 0 Å². The number of hydrogen-bond donors (Lipinski definition) is 1. The molecule has 2 fully saturated rings. The van der Waals surface area contributed by atoms with Crippen molar-refractivity contribution in [3.05, 3.63) is 0 Å². The minimum absolute atomic E-state index is 0.176. The van der Waals surface area contributed by atoms with Crippen LogP contribution in [0.2, 0.25) is 0 Å². The van der Waals surface area contributed by atoms with E-state index in [0.717, 1.165) is 19.1 Å². The predicted molar refractivity (Wildman–Crippen MR) is 41.2 cm³/mol. The van der Waals surface area contributed by atoms with Gasteiger partial charge in [-0.15, -0.1) is 0 Å². The maximum Gasteiger partial charge on any atom is 0.160 e. The quantitative estimate of drug-likeness (QED) is 0.568.